The molecule has 1 rings (SSSR count). The second-order valence-corrected chi connectivity index (χ2v) is 5.01. The predicted octanol–water partition coefficient (Wildman–Crippen LogP) is 1.55. The lowest BCUT2D eigenvalue weighted by atomic mass is 10.1. The van der Waals surface area contributed by atoms with E-state index in [0.717, 1.165) is 0 Å². The first-order chi connectivity index (χ1) is 12.3. The van der Waals surface area contributed by atoms with Crippen LogP contribution < -0.4 is 4.74 Å². The second kappa shape index (κ2) is 10.9. The minimum atomic E-state index is -1.23. The Morgan fingerprint density at radius 2 is 1.96 bits per heavy atom. The summed E-state index contributed by atoms with van der Waals surface area (Å²) in [5.41, 5.74) is -0.149. The highest BCUT2D eigenvalue weighted by Crippen LogP contribution is 2.19. The van der Waals surface area contributed by atoms with Crippen LogP contribution in [0.25, 0.3) is 0 Å². The van der Waals surface area contributed by atoms with Crippen molar-refractivity contribution < 1.29 is 39.4 Å². The third-order valence-electron chi connectivity index (χ3n) is 3.10. The van der Waals surface area contributed by atoms with Gasteiger partial charge in [0.25, 0.3) is 5.09 Å². The van der Waals surface area contributed by atoms with Gasteiger partial charge >= 0.3 is 11.9 Å². The largest absolute Gasteiger partial charge is 0.738 e. The van der Waals surface area contributed by atoms with Crippen molar-refractivity contribution in [2.24, 2.45) is 0 Å². The van der Waals surface area contributed by atoms with Gasteiger partial charge < -0.3 is 25.1 Å². The summed E-state index contributed by atoms with van der Waals surface area (Å²) in [6.07, 6.45) is -0.521. The molecule has 0 amide bonds. The van der Waals surface area contributed by atoms with Crippen LogP contribution in [0.2, 0.25) is 0 Å². The quantitative estimate of drug-likeness (QED) is 0.179. The molecule has 0 bridgehead atoms. The van der Waals surface area contributed by atoms with Crippen molar-refractivity contribution >= 4 is 11.9 Å². The van der Waals surface area contributed by atoms with Crippen LogP contribution in [0.1, 0.15) is 36.0 Å². The Morgan fingerprint density at radius 1 is 1.27 bits per heavy atom. The van der Waals surface area contributed by atoms with Crippen LogP contribution in [0, 0.1) is 15.3 Å². The number of ether oxygens (including phenoxy) is 1. The first-order valence-corrected chi connectivity index (χ1v) is 7.42. The zero-order valence-electron chi connectivity index (χ0n) is 13.5. The number of unbranched alkanes of at least 4 members (excludes halogenated alkanes) is 1. The maximum atomic E-state index is 11.8. The van der Waals surface area contributed by atoms with Crippen molar-refractivity contribution in [2.45, 2.75) is 31.8 Å². The standard InChI is InChI=1S/C14H17N2O10/c17-13(25-12-7-3-2-6-11(12)14(18)19)8-4-1-5-10(26-16(22)23)9-24-15(20)21/h2-3,6-7,10,20H,1,4-5,8-9H2,(H,18,19)/q-1. The van der Waals surface area contributed by atoms with E-state index >= 15 is 0 Å². The van der Waals surface area contributed by atoms with E-state index in [4.69, 9.17) is 15.1 Å². The van der Waals surface area contributed by atoms with Crippen molar-refractivity contribution in [1.29, 1.82) is 0 Å². The Balaban J connectivity index is 2.40. The molecule has 0 saturated heterocycles. The van der Waals surface area contributed by atoms with Crippen molar-refractivity contribution in [2.75, 3.05) is 6.61 Å². The van der Waals surface area contributed by atoms with Crippen molar-refractivity contribution in [1.82, 2.24) is 5.39 Å². The Morgan fingerprint density at radius 3 is 2.58 bits per heavy atom. The van der Waals surface area contributed by atoms with Gasteiger partial charge in [-0.1, -0.05) is 18.6 Å². The second-order valence-electron chi connectivity index (χ2n) is 5.01. The number of carbonyl (C=O) groups excluding carboxylic acids is 1. The summed E-state index contributed by atoms with van der Waals surface area (Å²) in [4.78, 5) is 41.6. The Bertz CT molecular complexity index is 621. The average molecular weight is 373 g/mol. The first-order valence-electron chi connectivity index (χ1n) is 7.42. The molecular formula is C14H17N2O10-. The van der Waals surface area contributed by atoms with E-state index < -0.39 is 35.1 Å². The highest BCUT2D eigenvalue weighted by atomic mass is 17.1. The smallest absolute Gasteiger partial charge is 0.339 e. The van der Waals surface area contributed by atoms with Crippen molar-refractivity contribution in [3.63, 3.8) is 0 Å². The van der Waals surface area contributed by atoms with Gasteiger partial charge in [-0.05, 0) is 25.0 Å². The van der Waals surface area contributed by atoms with E-state index in [-0.39, 0.29) is 30.6 Å². The van der Waals surface area contributed by atoms with E-state index in [9.17, 15) is 24.9 Å². The van der Waals surface area contributed by atoms with E-state index in [1.54, 1.807) is 0 Å². The molecule has 12 nitrogen and oxygen atoms in total. The minimum Gasteiger partial charge on any atom is -0.738 e. The highest BCUT2D eigenvalue weighted by molar-refractivity contribution is 5.91. The zero-order valence-corrected chi connectivity index (χ0v) is 13.5. The normalized spacial score (nSPS) is 11.8. The van der Waals surface area contributed by atoms with Gasteiger partial charge in [-0.3, -0.25) is 9.63 Å². The maximum absolute atomic E-state index is 11.8. The fourth-order valence-electron chi connectivity index (χ4n) is 1.98. The Kier molecular flexibility index (Phi) is 8.94. The summed E-state index contributed by atoms with van der Waals surface area (Å²) in [5, 5.41) is 36.0. The number of carboxylic acids is 1. The fraction of sp³-hybridized carbons (Fsp3) is 0.429. The average Bonchev–Trinajstić information content (AvgIpc) is 2.56. The Hall–Kier alpha value is -2.80. The number of hydrogen-bond acceptors (Lipinski definition) is 10. The summed E-state index contributed by atoms with van der Waals surface area (Å²) in [5.74, 6) is -1.97. The monoisotopic (exact) mass is 373 g/mol. The molecule has 1 unspecified atom stereocenters. The summed E-state index contributed by atoms with van der Waals surface area (Å²) in [7, 11) is 0. The van der Waals surface area contributed by atoms with Gasteiger partial charge in [0, 0.05) is 6.42 Å². The molecule has 0 saturated carbocycles. The summed E-state index contributed by atoms with van der Waals surface area (Å²) < 4.78 is 4.99. The molecule has 26 heavy (non-hydrogen) atoms. The van der Waals surface area contributed by atoms with Crippen LogP contribution in [-0.4, -0.2) is 45.4 Å². The van der Waals surface area contributed by atoms with E-state index in [2.05, 4.69) is 9.68 Å². The molecule has 0 aliphatic heterocycles. The molecule has 0 aromatic heterocycles. The van der Waals surface area contributed by atoms with E-state index in [0.29, 0.717) is 6.42 Å². The summed E-state index contributed by atoms with van der Waals surface area (Å²) in [6.45, 7) is -0.544. The number of rotatable bonds is 12. The van der Waals surface area contributed by atoms with Gasteiger partial charge in [-0.25, -0.2) is 4.79 Å². The van der Waals surface area contributed by atoms with Crippen LogP contribution in [0.15, 0.2) is 24.3 Å². The van der Waals surface area contributed by atoms with Gasteiger partial charge in [0.1, 0.15) is 17.4 Å². The molecule has 0 radical (unpaired) electrons. The molecule has 12 heteroatoms. The third-order valence-corrected chi connectivity index (χ3v) is 3.10. The number of aromatic carboxylic acids is 1. The zero-order chi connectivity index (χ0) is 19.5. The fourth-order valence-corrected chi connectivity index (χ4v) is 1.98. The first kappa shape index (κ1) is 21.2. The van der Waals surface area contributed by atoms with Crippen LogP contribution in [0.3, 0.4) is 0 Å². The maximum Gasteiger partial charge on any atom is 0.339 e. The van der Waals surface area contributed by atoms with Gasteiger partial charge in [0.05, 0.1) is 6.61 Å². The van der Waals surface area contributed by atoms with Gasteiger partial charge in [0.2, 0.25) is 0 Å². The lowest BCUT2D eigenvalue weighted by molar-refractivity contribution is -0.769. The SMILES string of the molecule is O=C(CCCCC(CON([O-])O)O[N+](=O)[O-])Oc1ccccc1C(=O)O. The molecule has 1 aromatic carbocycles. The number of para-hydroxylation sites is 1. The number of esters is 1. The van der Waals surface area contributed by atoms with Crippen LogP contribution >= 0.6 is 0 Å². The van der Waals surface area contributed by atoms with E-state index in [1.165, 1.54) is 24.3 Å². The van der Waals surface area contributed by atoms with Crippen molar-refractivity contribution in [3.05, 3.63) is 45.2 Å². The molecular weight excluding hydrogens is 356 g/mol. The number of carbonyl (C=O) groups is 2. The number of benzene rings is 1. The molecule has 0 aliphatic carbocycles. The molecule has 0 aliphatic rings. The highest BCUT2D eigenvalue weighted by Gasteiger charge is 2.16. The molecule has 0 heterocycles. The number of nitrogens with zero attached hydrogens (tertiary/aromatic N) is 2. The molecule has 1 aromatic rings. The third kappa shape index (κ3) is 8.34. The molecule has 0 fully saturated rings. The van der Waals surface area contributed by atoms with Gasteiger partial charge in [-0.15, -0.1) is 15.5 Å². The van der Waals surface area contributed by atoms with Gasteiger partial charge in [0.15, 0.2) is 0 Å². The molecule has 144 valence electrons. The Labute approximate surface area is 147 Å². The molecule has 2 N–H and O–H groups in total. The summed E-state index contributed by atoms with van der Waals surface area (Å²) in [6, 6.07) is 5.66. The van der Waals surface area contributed by atoms with Crippen LogP contribution in [0.4, 0.5) is 0 Å². The minimum absolute atomic E-state index is 0.0618. The predicted molar refractivity (Wildman–Crippen MR) is 82.3 cm³/mol. The number of carboxylic acid groups (broad SMARTS) is 1. The molecule has 0 spiro atoms. The van der Waals surface area contributed by atoms with Crippen LogP contribution in [-0.2, 0) is 14.5 Å². The summed E-state index contributed by atoms with van der Waals surface area (Å²) >= 11 is 0. The lowest BCUT2D eigenvalue weighted by Crippen LogP contribution is -2.26. The van der Waals surface area contributed by atoms with Crippen LogP contribution in [0.5, 0.6) is 5.75 Å². The topological polar surface area (TPSA) is 172 Å². The lowest BCUT2D eigenvalue weighted by Gasteiger charge is -2.21. The van der Waals surface area contributed by atoms with Crippen molar-refractivity contribution in [3.8, 4) is 5.75 Å². The van der Waals surface area contributed by atoms with Gasteiger partial charge in [-0.2, -0.15) is 0 Å². The van der Waals surface area contributed by atoms with E-state index in [1.807, 2.05) is 0 Å². The number of hydrogen-bond donors (Lipinski definition) is 2. The molecule has 1 atom stereocenters.